The Hall–Kier alpha value is -2.24. The summed E-state index contributed by atoms with van der Waals surface area (Å²) in [5, 5.41) is 6.92. The average Bonchev–Trinajstić information content (AvgIpc) is 3.61. The first-order valence-corrected chi connectivity index (χ1v) is 12.4. The largest absolute Gasteiger partial charge is 0.382 e. The summed E-state index contributed by atoms with van der Waals surface area (Å²) in [6.45, 7) is 5.18. The van der Waals surface area contributed by atoms with E-state index in [1.54, 1.807) is 26.4 Å². The predicted octanol–water partition coefficient (Wildman–Crippen LogP) is 1.49. The summed E-state index contributed by atoms with van der Waals surface area (Å²) >= 11 is 0. The van der Waals surface area contributed by atoms with Crippen molar-refractivity contribution in [3.8, 4) is 0 Å². The molecule has 0 spiro atoms. The molecule has 1 saturated heterocycles. The minimum Gasteiger partial charge on any atom is -0.382 e. The second kappa shape index (κ2) is 12.1. The number of amides is 1. The highest BCUT2D eigenvalue weighted by Gasteiger charge is 2.43. The molecule has 0 aromatic heterocycles. The van der Waals surface area contributed by atoms with E-state index in [2.05, 4.69) is 34.1 Å². The standard InChI is InChI=1S/C25H38FN5O4/c1-17(31(20-9-10-20)25(32)23-14-27-13-21(35-23)16-33-2)22-15-30(12-4-11-28-34-3)24(29-22)18-5-7-19(26)8-6-18/h5-8,15,17,20-21,23-24,27-29H,4,9-14,16H2,1-3H3/t17-,21+,23-,24?/m1/s1. The SMILES string of the molecule is COC[C@@H]1CNC[C@H](C(=O)N(C2CC2)[C@H](C)C2=CN(CCCNOC)C(c3ccc(F)cc3)N2)O1. The highest BCUT2D eigenvalue weighted by Crippen LogP contribution is 2.34. The van der Waals surface area contributed by atoms with E-state index < -0.39 is 6.10 Å². The number of hydroxylamine groups is 1. The molecule has 0 bridgehead atoms. The molecule has 1 aromatic carbocycles. The van der Waals surface area contributed by atoms with E-state index in [-0.39, 0.29) is 36.1 Å². The van der Waals surface area contributed by atoms with Crippen molar-refractivity contribution in [3.05, 3.63) is 47.5 Å². The smallest absolute Gasteiger partial charge is 0.253 e. The van der Waals surface area contributed by atoms with Gasteiger partial charge in [-0.3, -0.25) is 4.79 Å². The van der Waals surface area contributed by atoms with Gasteiger partial charge in [-0.2, -0.15) is 0 Å². The van der Waals surface area contributed by atoms with Gasteiger partial charge in [0.15, 0.2) is 0 Å². The van der Waals surface area contributed by atoms with E-state index in [9.17, 15) is 9.18 Å². The monoisotopic (exact) mass is 491 g/mol. The van der Waals surface area contributed by atoms with Crippen molar-refractivity contribution in [3.63, 3.8) is 0 Å². The first-order valence-electron chi connectivity index (χ1n) is 12.4. The highest BCUT2D eigenvalue weighted by molar-refractivity contribution is 5.82. The maximum Gasteiger partial charge on any atom is 0.253 e. The lowest BCUT2D eigenvalue weighted by atomic mass is 10.1. The van der Waals surface area contributed by atoms with E-state index in [0.717, 1.165) is 37.1 Å². The zero-order valence-electron chi connectivity index (χ0n) is 20.8. The molecule has 10 heteroatoms. The molecule has 2 fully saturated rings. The highest BCUT2D eigenvalue weighted by atomic mass is 19.1. The Morgan fingerprint density at radius 1 is 1.29 bits per heavy atom. The van der Waals surface area contributed by atoms with Crippen molar-refractivity contribution in [2.24, 2.45) is 0 Å². The molecule has 3 aliphatic rings. The minimum absolute atomic E-state index is 0.0112. The first kappa shape index (κ1) is 25.8. The number of hydrogen-bond donors (Lipinski definition) is 3. The Kier molecular flexibility index (Phi) is 8.96. The third kappa shape index (κ3) is 6.50. The van der Waals surface area contributed by atoms with Gasteiger partial charge in [0, 0.05) is 45.5 Å². The van der Waals surface area contributed by atoms with Crippen LogP contribution in [-0.4, -0.2) is 87.0 Å². The van der Waals surface area contributed by atoms with Crippen LogP contribution in [0.1, 0.15) is 37.9 Å². The Morgan fingerprint density at radius 3 is 2.74 bits per heavy atom. The van der Waals surface area contributed by atoms with Gasteiger partial charge in [-0.05, 0) is 43.9 Å². The van der Waals surface area contributed by atoms with Crippen LogP contribution in [0.3, 0.4) is 0 Å². The van der Waals surface area contributed by atoms with Crippen LogP contribution in [-0.2, 0) is 19.1 Å². The number of nitrogens with zero attached hydrogens (tertiary/aromatic N) is 2. The molecular formula is C25H38FN5O4. The van der Waals surface area contributed by atoms with E-state index >= 15 is 0 Å². The number of methoxy groups -OCH3 is 1. The summed E-state index contributed by atoms with van der Waals surface area (Å²) < 4.78 is 24.9. The maximum absolute atomic E-state index is 13.6. The van der Waals surface area contributed by atoms with Crippen LogP contribution in [0.15, 0.2) is 36.2 Å². The molecular weight excluding hydrogens is 453 g/mol. The van der Waals surface area contributed by atoms with E-state index in [4.69, 9.17) is 14.3 Å². The molecule has 1 aliphatic carbocycles. The van der Waals surface area contributed by atoms with Gasteiger partial charge in [-0.1, -0.05) is 12.1 Å². The molecule has 194 valence electrons. The molecule has 4 rings (SSSR count). The van der Waals surface area contributed by atoms with Gasteiger partial charge in [0.25, 0.3) is 5.91 Å². The van der Waals surface area contributed by atoms with Crippen molar-refractivity contribution < 1.29 is 23.5 Å². The number of halogens is 1. The minimum atomic E-state index is -0.530. The molecule has 3 N–H and O–H groups in total. The number of carbonyl (C=O) groups is 1. The second-order valence-corrected chi connectivity index (χ2v) is 9.39. The van der Waals surface area contributed by atoms with Gasteiger partial charge in [0.05, 0.1) is 31.6 Å². The van der Waals surface area contributed by atoms with Gasteiger partial charge in [0.1, 0.15) is 18.1 Å². The Morgan fingerprint density at radius 2 is 2.06 bits per heavy atom. The van der Waals surface area contributed by atoms with Gasteiger partial charge in [-0.15, -0.1) is 0 Å². The number of benzene rings is 1. The zero-order chi connectivity index (χ0) is 24.8. The zero-order valence-corrected chi connectivity index (χ0v) is 20.8. The lowest BCUT2D eigenvalue weighted by Gasteiger charge is -2.37. The summed E-state index contributed by atoms with van der Waals surface area (Å²) in [4.78, 5) is 22.8. The fraction of sp³-hybridized carbons (Fsp3) is 0.640. The Bertz CT molecular complexity index is 864. The van der Waals surface area contributed by atoms with Crippen LogP contribution >= 0.6 is 0 Å². The number of rotatable bonds is 12. The van der Waals surface area contributed by atoms with Crippen LogP contribution in [0, 0.1) is 5.82 Å². The number of hydrogen-bond acceptors (Lipinski definition) is 8. The second-order valence-electron chi connectivity index (χ2n) is 9.39. The number of nitrogens with one attached hydrogen (secondary N) is 3. The molecule has 1 saturated carbocycles. The van der Waals surface area contributed by atoms with Crippen molar-refractivity contribution in [2.45, 2.75) is 56.6 Å². The molecule has 0 radical (unpaired) electrons. The fourth-order valence-electron chi connectivity index (χ4n) is 4.80. The van der Waals surface area contributed by atoms with Gasteiger partial charge in [-0.25, -0.2) is 9.87 Å². The lowest BCUT2D eigenvalue weighted by molar-refractivity contribution is -0.155. The normalized spacial score (nSPS) is 25.2. The third-order valence-corrected chi connectivity index (χ3v) is 6.71. The van der Waals surface area contributed by atoms with Crippen LogP contribution in [0.2, 0.25) is 0 Å². The first-order chi connectivity index (χ1) is 17.0. The maximum atomic E-state index is 13.6. The van der Waals surface area contributed by atoms with Gasteiger partial charge in [0.2, 0.25) is 0 Å². The molecule has 9 nitrogen and oxygen atoms in total. The fourth-order valence-corrected chi connectivity index (χ4v) is 4.80. The summed E-state index contributed by atoms with van der Waals surface area (Å²) in [5.41, 5.74) is 4.81. The van der Waals surface area contributed by atoms with Gasteiger partial charge < -0.3 is 34.7 Å². The quantitative estimate of drug-likeness (QED) is 0.300. The molecule has 2 aliphatic heterocycles. The average molecular weight is 492 g/mol. The number of morpholine rings is 1. The lowest BCUT2D eigenvalue weighted by Crippen LogP contribution is -2.56. The van der Waals surface area contributed by atoms with Crippen LogP contribution in [0.4, 0.5) is 4.39 Å². The summed E-state index contributed by atoms with van der Waals surface area (Å²) in [6, 6.07) is 6.63. The predicted molar refractivity (Wildman–Crippen MR) is 129 cm³/mol. The van der Waals surface area contributed by atoms with Crippen molar-refractivity contribution in [1.29, 1.82) is 0 Å². The van der Waals surface area contributed by atoms with Gasteiger partial charge >= 0.3 is 0 Å². The van der Waals surface area contributed by atoms with Crippen LogP contribution in [0.5, 0.6) is 0 Å². The Labute approximate surface area is 206 Å². The topological polar surface area (TPSA) is 87.3 Å². The Balaban J connectivity index is 1.49. The molecule has 1 aromatic rings. The summed E-state index contributed by atoms with van der Waals surface area (Å²) in [5.74, 6) is -0.250. The van der Waals surface area contributed by atoms with Crippen molar-refractivity contribution >= 4 is 5.91 Å². The van der Waals surface area contributed by atoms with Crippen LogP contribution in [0.25, 0.3) is 0 Å². The summed E-state index contributed by atoms with van der Waals surface area (Å²) in [7, 11) is 3.24. The molecule has 1 amide bonds. The van der Waals surface area contributed by atoms with Crippen molar-refractivity contribution in [1.82, 2.24) is 25.9 Å². The summed E-state index contributed by atoms with van der Waals surface area (Å²) in [6.07, 6.45) is 4.16. The van der Waals surface area contributed by atoms with Crippen molar-refractivity contribution in [2.75, 3.05) is 47.0 Å². The van der Waals surface area contributed by atoms with Crippen LogP contribution < -0.4 is 16.1 Å². The molecule has 2 heterocycles. The van der Waals surface area contributed by atoms with E-state index in [1.807, 2.05) is 4.90 Å². The number of ether oxygens (including phenoxy) is 2. The number of carbonyl (C=O) groups excluding carboxylic acids is 1. The van der Waals surface area contributed by atoms with E-state index in [0.29, 0.717) is 26.2 Å². The third-order valence-electron chi connectivity index (χ3n) is 6.71. The molecule has 35 heavy (non-hydrogen) atoms. The molecule has 1 unspecified atom stereocenters. The van der Waals surface area contributed by atoms with E-state index in [1.165, 1.54) is 12.1 Å². The molecule has 4 atom stereocenters.